The van der Waals surface area contributed by atoms with Crippen LogP contribution in [0, 0.1) is 0 Å². The minimum atomic E-state index is -3.32. The number of hydrogen-bond donors (Lipinski definition) is 1. The molecule has 0 aromatic heterocycles. The van der Waals surface area contributed by atoms with Crippen molar-refractivity contribution in [1.82, 2.24) is 0 Å². The molecule has 4 nitrogen and oxygen atoms in total. The number of nitrogens with zero attached hydrogens (tertiary/aromatic N) is 1. The van der Waals surface area contributed by atoms with Gasteiger partial charge >= 0.3 is 0 Å². The number of sulfonamides is 1. The molecule has 58 valence electrons. The third-order valence-corrected chi connectivity index (χ3v) is 1.37. The van der Waals surface area contributed by atoms with Crippen LogP contribution in [0.15, 0.2) is 16.7 Å². The number of rotatable bonds is 2. The first-order chi connectivity index (χ1) is 4.33. The molecule has 0 aromatic rings. The summed E-state index contributed by atoms with van der Waals surface area (Å²) in [6.07, 6.45) is 0.999. The van der Waals surface area contributed by atoms with Crippen LogP contribution in [0.2, 0.25) is 0 Å². The van der Waals surface area contributed by atoms with Crippen LogP contribution in [0.25, 0.3) is 0 Å². The number of nitrogens with two attached hydrogens (primary N) is 1. The highest BCUT2D eigenvalue weighted by Gasteiger charge is 1.98. The lowest BCUT2D eigenvalue weighted by Gasteiger charge is -1.94. The van der Waals surface area contributed by atoms with E-state index in [1.54, 1.807) is 0 Å². The van der Waals surface area contributed by atoms with Gasteiger partial charge in [0, 0.05) is 5.70 Å². The van der Waals surface area contributed by atoms with Gasteiger partial charge in [0.05, 0.1) is 12.0 Å². The molecular formula is C5H10N2O2S. The molecule has 0 aliphatic carbocycles. The van der Waals surface area contributed by atoms with Gasteiger partial charge in [0.25, 0.3) is 10.0 Å². The molecular weight excluding hydrogens is 152 g/mol. The summed E-state index contributed by atoms with van der Waals surface area (Å²) in [6, 6.07) is 0. The maximum Gasteiger partial charge on any atom is 0.250 e. The zero-order valence-corrected chi connectivity index (χ0v) is 6.77. The lowest BCUT2D eigenvalue weighted by molar-refractivity contribution is 0.603. The second kappa shape index (κ2) is 2.83. The molecule has 0 rings (SSSR count). The van der Waals surface area contributed by atoms with E-state index in [2.05, 4.69) is 11.0 Å². The third-order valence-electron chi connectivity index (χ3n) is 0.767. The fourth-order valence-corrected chi connectivity index (χ4v) is 0.922. The summed E-state index contributed by atoms with van der Waals surface area (Å²) >= 11 is 0. The molecule has 0 fully saturated rings. The van der Waals surface area contributed by atoms with Gasteiger partial charge in [0.2, 0.25) is 0 Å². The van der Waals surface area contributed by atoms with Crippen LogP contribution >= 0.6 is 0 Å². The van der Waals surface area contributed by atoms with E-state index in [0.717, 1.165) is 6.26 Å². The van der Waals surface area contributed by atoms with Crippen molar-refractivity contribution in [2.24, 2.45) is 10.1 Å². The summed E-state index contributed by atoms with van der Waals surface area (Å²) < 4.78 is 24.2. The Balaban J connectivity index is 4.66. The van der Waals surface area contributed by atoms with Gasteiger partial charge in [-0.05, 0) is 6.92 Å². The molecule has 0 atom stereocenters. The molecule has 0 saturated carbocycles. The van der Waals surface area contributed by atoms with E-state index in [0.29, 0.717) is 0 Å². The van der Waals surface area contributed by atoms with Crippen molar-refractivity contribution in [3.05, 3.63) is 12.3 Å². The molecule has 0 aliphatic heterocycles. The Bertz CT molecular complexity index is 263. The highest BCUT2D eigenvalue weighted by molar-refractivity contribution is 7.89. The molecule has 0 unspecified atom stereocenters. The molecule has 10 heavy (non-hydrogen) atoms. The van der Waals surface area contributed by atoms with E-state index in [-0.39, 0.29) is 11.4 Å². The maximum absolute atomic E-state index is 10.5. The Kier molecular flexibility index (Phi) is 2.59. The van der Waals surface area contributed by atoms with Crippen molar-refractivity contribution in [2.45, 2.75) is 6.92 Å². The Morgan fingerprint density at radius 2 is 2.00 bits per heavy atom. The zero-order chi connectivity index (χ0) is 8.36. The van der Waals surface area contributed by atoms with E-state index in [4.69, 9.17) is 5.73 Å². The predicted molar refractivity (Wildman–Crippen MR) is 41.3 cm³/mol. The van der Waals surface area contributed by atoms with Crippen molar-refractivity contribution >= 4 is 15.7 Å². The SMILES string of the molecule is C=C(N)/C(C)=N\S(C)(=O)=O. The smallest absolute Gasteiger partial charge is 0.250 e. The van der Waals surface area contributed by atoms with Gasteiger partial charge in [-0.1, -0.05) is 6.58 Å². The molecule has 0 saturated heterocycles. The normalized spacial score (nSPS) is 13.2. The summed E-state index contributed by atoms with van der Waals surface area (Å²) in [5.74, 6) is 0. The van der Waals surface area contributed by atoms with Crippen LogP contribution in [-0.4, -0.2) is 20.4 Å². The molecule has 0 spiro atoms. The Morgan fingerprint density at radius 3 is 2.10 bits per heavy atom. The lowest BCUT2D eigenvalue weighted by Crippen LogP contribution is -2.08. The molecule has 0 radical (unpaired) electrons. The molecule has 0 aliphatic rings. The van der Waals surface area contributed by atoms with E-state index >= 15 is 0 Å². The largest absolute Gasteiger partial charge is 0.398 e. The van der Waals surface area contributed by atoms with Gasteiger partial charge in [-0.15, -0.1) is 0 Å². The molecule has 0 aromatic carbocycles. The monoisotopic (exact) mass is 162 g/mol. The second-order valence-electron chi connectivity index (χ2n) is 1.93. The van der Waals surface area contributed by atoms with Crippen molar-refractivity contribution in [1.29, 1.82) is 0 Å². The van der Waals surface area contributed by atoms with Gasteiger partial charge < -0.3 is 5.73 Å². The minimum absolute atomic E-state index is 0.172. The quantitative estimate of drug-likeness (QED) is 0.575. The van der Waals surface area contributed by atoms with E-state index in [1.807, 2.05) is 0 Å². The lowest BCUT2D eigenvalue weighted by atomic mass is 10.4. The Morgan fingerprint density at radius 1 is 1.60 bits per heavy atom. The maximum atomic E-state index is 10.5. The molecule has 0 amide bonds. The standard InChI is InChI=1S/C5H10N2O2S/c1-4(6)5(2)7-10(3,8)9/h1,6H2,2-3H3/b7-5-. The first-order valence-electron chi connectivity index (χ1n) is 2.54. The summed E-state index contributed by atoms with van der Waals surface area (Å²) in [5, 5.41) is 0. The molecule has 2 N–H and O–H groups in total. The van der Waals surface area contributed by atoms with E-state index in [9.17, 15) is 8.42 Å². The summed E-state index contributed by atoms with van der Waals surface area (Å²) in [5.41, 5.74) is 5.56. The van der Waals surface area contributed by atoms with Crippen LogP contribution < -0.4 is 5.73 Å². The fraction of sp³-hybridized carbons (Fsp3) is 0.400. The third kappa shape index (κ3) is 4.08. The summed E-state index contributed by atoms with van der Waals surface area (Å²) in [7, 11) is -3.32. The van der Waals surface area contributed by atoms with E-state index in [1.165, 1.54) is 6.92 Å². The Hall–Kier alpha value is -0.840. The first-order valence-corrected chi connectivity index (χ1v) is 4.39. The van der Waals surface area contributed by atoms with Gasteiger partial charge in [-0.2, -0.15) is 4.40 Å². The van der Waals surface area contributed by atoms with Gasteiger partial charge in [0.1, 0.15) is 0 Å². The molecule has 5 heteroatoms. The topological polar surface area (TPSA) is 72.5 Å². The van der Waals surface area contributed by atoms with Gasteiger partial charge in [-0.25, -0.2) is 8.42 Å². The minimum Gasteiger partial charge on any atom is -0.398 e. The van der Waals surface area contributed by atoms with E-state index < -0.39 is 10.0 Å². The van der Waals surface area contributed by atoms with Crippen LogP contribution in [-0.2, 0) is 10.0 Å². The number of hydrogen-bond acceptors (Lipinski definition) is 3. The zero-order valence-electron chi connectivity index (χ0n) is 5.96. The Labute approximate surface area is 60.5 Å². The fourth-order valence-electron chi connectivity index (χ4n) is 0.307. The average Bonchev–Trinajstić information content (AvgIpc) is 1.60. The highest BCUT2D eigenvalue weighted by Crippen LogP contribution is 1.91. The van der Waals surface area contributed by atoms with Crippen molar-refractivity contribution in [2.75, 3.05) is 6.26 Å². The summed E-state index contributed by atoms with van der Waals surface area (Å²) in [4.78, 5) is 0. The van der Waals surface area contributed by atoms with Crippen LogP contribution in [0.5, 0.6) is 0 Å². The van der Waals surface area contributed by atoms with Crippen molar-refractivity contribution in [3.63, 3.8) is 0 Å². The predicted octanol–water partition coefficient (Wildman–Crippen LogP) is -0.121. The van der Waals surface area contributed by atoms with Crippen LogP contribution in [0.3, 0.4) is 0 Å². The second-order valence-corrected chi connectivity index (χ2v) is 3.58. The van der Waals surface area contributed by atoms with Crippen molar-refractivity contribution in [3.8, 4) is 0 Å². The number of allylic oxidation sites excluding steroid dienone is 1. The van der Waals surface area contributed by atoms with Crippen LogP contribution in [0.4, 0.5) is 0 Å². The summed E-state index contributed by atoms with van der Waals surface area (Å²) in [6.45, 7) is 4.81. The van der Waals surface area contributed by atoms with Gasteiger partial charge in [-0.3, -0.25) is 0 Å². The highest BCUT2D eigenvalue weighted by atomic mass is 32.2. The van der Waals surface area contributed by atoms with Crippen LogP contribution in [0.1, 0.15) is 6.92 Å². The molecule has 0 bridgehead atoms. The molecule has 0 heterocycles. The average molecular weight is 162 g/mol. The van der Waals surface area contributed by atoms with Crippen molar-refractivity contribution < 1.29 is 8.42 Å². The first kappa shape index (κ1) is 9.16. The van der Waals surface area contributed by atoms with Gasteiger partial charge in [0.15, 0.2) is 0 Å².